The van der Waals surface area contributed by atoms with Crippen molar-refractivity contribution in [2.24, 2.45) is 0 Å². The second kappa shape index (κ2) is 16.1. The molecule has 0 aliphatic carbocycles. The molecular weight excluding hydrogens is 727 g/mol. The van der Waals surface area contributed by atoms with Gasteiger partial charge in [-0.1, -0.05) is 75.4 Å². The van der Waals surface area contributed by atoms with E-state index in [0.29, 0.717) is 5.56 Å². The summed E-state index contributed by atoms with van der Waals surface area (Å²) in [5, 5.41) is -1.66. The lowest BCUT2D eigenvalue weighted by Crippen LogP contribution is -2.46. The molecule has 0 amide bonds. The summed E-state index contributed by atoms with van der Waals surface area (Å²) in [5.74, 6) is -4.40. The summed E-state index contributed by atoms with van der Waals surface area (Å²) < 4.78 is 99.5. The predicted octanol–water partition coefficient (Wildman–Crippen LogP) is 6.75. The summed E-state index contributed by atoms with van der Waals surface area (Å²) >= 11 is 0. The van der Waals surface area contributed by atoms with Crippen LogP contribution in [0.1, 0.15) is 97.1 Å². The second-order valence-electron chi connectivity index (χ2n) is 15.3. The summed E-state index contributed by atoms with van der Waals surface area (Å²) in [7, 11) is -9.29. The molecule has 0 bridgehead atoms. The lowest BCUT2D eigenvalue weighted by Gasteiger charge is -2.36. The Hall–Kier alpha value is -2.23. The summed E-state index contributed by atoms with van der Waals surface area (Å²) in [6, 6.07) is 15.6. The van der Waals surface area contributed by atoms with Crippen LogP contribution in [0.2, 0.25) is 0 Å². The van der Waals surface area contributed by atoms with Crippen LogP contribution in [-0.4, -0.2) is 88.8 Å². The van der Waals surface area contributed by atoms with Crippen LogP contribution in [0.15, 0.2) is 54.6 Å². The summed E-state index contributed by atoms with van der Waals surface area (Å²) in [6.07, 6.45) is -4.94. The Labute approximate surface area is 313 Å². The van der Waals surface area contributed by atoms with Crippen LogP contribution < -0.4 is 0 Å². The van der Waals surface area contributed by atoms with Gasteiger partial charge in [-0.15, -0.1) is 0 Å². The molecule has 3 heterocycles. The van der Waals surface area contributed by atoms with Crippen molar-refractivity contribution in [2.45, 2.75) is 134 Å². The molecule has 3 aliphatic heterocycles. The number of hydrogen-bond acceptors (Lipinski definition) is 13. The van der Waals surface area contributed by atoms with Gasteiger partial charge in [-0.2, -0.15) is 8.42 Å². The number of carbonyl (C=O) groups is 1. The van der Waals surface area contributed by atoms with Crippen molar-refractivity contribution in [1.82, 2.24) is 0 Å². The Morgan fingerprint density at radius 1 is 0.849 bits per heavy atom. The van der Waals surface area contributed by atoms with Crippen molar-refractivity contribution in [2.75, 3.05) is 26.4 Å². The van der Waals surface area contributed by atoms with E-state index in [1.807, 2.05) is 32.9 Å². The number of esters is 1. The van der Waals surface area contributed by atoms with E-state index in [1.165, 1.54) is 0 Å². The molecule has 53 heavy (non-hydrogen) atoms. The molecule has 3 fully saturated rings. The summed E-state index contributed by atoms with van der Waals surface area (Å²) in [4.78, 5) is 14.2. The Morgan fingerprint density at radius 2 is 1.47 bits per heavy atom. The first-order valence-corrected chi connectivity index (χ1v) is 21.3. The maximum absolute atomic E-state index is 15.4. The largest absolute Gasteiger partial charge is 0.465 e. The van der Waals surface area contributed by atoms with Gasteiger partial charge in [0.1, 0.15) is 29.7 Å². The van der Waals surface area contributed by atoms with E-state index in [4.69, 9.17) is 41.7 Å². The molecule has 0 N–H and O–H groups in total. The fourth-order valence-corrected chi connectivity index (χ4v) is 11.3. The van der Waals surface area contributed by atoms with Crippen molar-refractivity contribution in [3.8, 4) is 0 Å². The van der Waals surface area contributed by atoms with E-state index in [0.717, 1.165) is 5.56 Å². The standard InChI is InChI=1S/C38H55O13PS/c1-11-43-34(39)32(52(40,45-12-2)46-13-3)28(24-17-15-14-16-18-24)33(25-19-21-26(22-20-25)36(4,5)6)53(41,42)51-30-29(27-23-44-37(7,8)48-27)47-35-31(30)49-38(9,10)50-35/h14-22,27-33,35H,11-13,23H2,1-10H3/t27-,28-,29-,30-,31-,32+,33-,35-/m1/s1. The van der Waals surface area contributed by atoms with E-state index < -0.39 is 82.8 Å². The summed E-state index contributed by atoms with van der Waals surface area (Å²) in [6.45, 7) is 17.7. The Morgan fingerprint density at radius 3 is 2.00 bits per heavy atom. The van der Waals surface area contributed by atoms with Gasteiger partial charge in [0.25, 0.3) is 10.1 Å². The molecule has 0 aromatic heterocycles. The van der Waals surface area contributed by atoms with Gasteiger partial charge < -0.3 is 37.5 Å². The lowest BCUT2D eigenvalue weighted by atomic mass is 9.84. The number of fused-ring (bicyclic) bond motifs is 1. The minimum Gasteiger partial charge on any atom is -0.465 e. The number of rotatable bonds is 15. The van der Waals surface area contributed by atoms with Gasteiger partial charge in [-0.05, 0) is 70.6 Å². The molecule has 2 aromatic carbocycles. The monoisotopic (exact) mass is 782 g/mol. The van der Waals surface area contributed by atoms with Gasteiger partial charge in [-0.25, -0.2) is 0 Å². The van der Waals surface area contributed by atoms with Crippen molar-refractivity contribution in [3.05, 3.63) is 71.3 Å². The quantitative estimate of drug-likeness (QED) is 0.107. The van der Waals surface area contributed by atoms with E-state index >= 15 is 8.42 Å². The Kier molecular flexibility index (Phi) is 12.7. The predicted molar refractivity (Wildman–Crippen MR) is 196 cm³/mol. The first-order valence-electron chi connectivity index (χ1n) is 18.2. The van der Waals surface area contributed by atoms with Crippen LogP contribution in [0.25, 0.3) is 0 Å². The normalized spacial score (nSPS) is 27.2. The molecule has 0 unspecified atom stereocenters. The summed E-state index contributed by atoms with van der Waals surface area (Å²) in [5.41, 5.74) is -0.398. The third kappa shape index (κ3) is 9.26. The van der Waals surface area contributed by atoms with Gasteiger partial charge in [0.05, 0.1) is 26.4 Å². The van der Waals surface area contributed by atoms with Crippen LogP contribution in [0.5, 0.6) is 0 Å². The molecule has 0 spiro atoms. The average Bonchev–Trinajstić information content (AvgIpc) is 3.69. The van der Waals surface area contributed by atoms with Crippen LogP contribution >= 0.6 is 7.60 Å². The van der Waals surface area contributed by atoms with Crippen molar-refractivity contribution < 1.29 is 59.4 Å². The smallest absolute Gasteiger partial charge is 0.345 e. The average molecular weight is 783 g/mol. The minimum absolute atomic E-state index is 0.0691. The zero-order valence-electron chi connectivity index (χ0n) is 32.3. The van der Waals surface area contributed by atoms with Crippen LogP contribution in [0.4, 0.5) is 0 Å². The van der Waals surface area contributed by atoms with Gasteiger partial charge >= 0.3 is 13.6 Å². The highest BCUT2D eigenvalue weighted by molar-refractivity contribution is 7.87. The molecule has 296 valence electrons. The third-order valence-electron chi connectivity index (χ3n) is 9.42. The highest BCUT2D eigenvalue weighted by Crippen LogP contribution is 2.61. The maximum atomic E-state index is 15.4. The molecule has 3 aliphatic rings. The van der Waals surface area contributed by atoms with Gasteiger partial charge in [0.15, 0.2) is 23.5 Å². The lowest BCUT2D eigenvalue weighted by molar-refractivity contribution is -0.230. The SMILES string of the molecule is CCOC(=O)[C@H]([C@@H](c1ccccc1)[C@@H](c1ccc(C(C)(C)C)cc1)S(=O)(=O)O[C@H]1[C@H]2OC(C)(C)O[C@H]2O[C@@H]1[C@H]1COC(C)(C)O1)P(=O)(OCC)OCC. The number of benzene rings is 2. The molecule has 0 saturated carbocycles. The van der Waals surface area contributed by atoms with E-state index in [9.17, 15) is 9.36 Å². The van der Waals surface area contributed by atoms with E-state index in [2.05, 4.69) is 0 Å². The topological polar surface area (TPSA) is 151 Å². The van der Waals surface area contributed by atoms with Gasteiger partial charge in [0.2, 0.25) is 0 Å². The second-order valence-corrected chi connectivity index (χ2v) is 19.1. The van der Waals surface area contributed by atoms with Crippen molar-refractivity contribution >= 4 is 23.7 Å². The Balaban J connectivity index is 1.72. The molecule has 2 aromatic rings. The zero-order valence-corrected chi connectivity index (χ0v) is 34.0. The number of carbonyl (C=O) groups excluding carboxylic acids is 1. The molecule has 3 saturated heterocycles. The highest BCUT2D eigenvalue weighted by atomic mass is 32.2. The molecule has 8 atom stereocenters. The van der Waals surface area contributed by atoms with E-state index in [-0.39, 0.29) is 37.4 Å². The third-order valence-corrected chi connectivity index (χ3v) is 13.6. The zero-order chi connectivity index (χ0) is 39.0. The maximum Gasteiger partial charge on any atom is 0.345 e. The number of hydrogen-bond donors (Lipinski definition) is 0. The molecule has 13 nitrogen and oxygen atoms in total. The number of ether oxygens (including phenoxy) is 6. The molecule has 5 rings (SSSR count). The van der Waals surface area contributed by atoms with Gasteiger partial charge in [-0.3, -0.25) is 13.5 Å². The molecule has 15 heteroatoms. The van der Waals surface area contributed by atoms with Gasteiger partial charge in [0, 0.05) is 5.92 Å². The van der Waals surface area contributed by atoms with Crippen molar-refractivity contribution in [3.63, 3.8) is 0 Å². The Bertz CT molecular complexity index is 1700. The van der Waals surface area contributed by atoms with Crippen LogP contribution in [0, 0.1) is 0 Å². The first kappa shape index (κ1) is 41.9. The molecular formula is C38H55O13PS. The van der Waals surface area contributed by atoms with Crippen LogP contribution in [0.3, 0.4) is 0 Å². The fourth-order valence-electron chi connectivity index (χ4n) is 7.19. The van der Waals surface area contributed by atoms with Crippen LogP contribution in [-0.2, 0) is 66.5 Å². The van der Waals surface area contributed by atoms with Crippen molar-refractivity contribution in [1.29, 1.82) is 0 Å². The minimum atomic E-state index is -4.86. The first-order chi connectivity index (χ1) is 24.8. The highest BCUT2D eigenvalue weighted by Gasteiger charge is 2.62. The fraction of sp³-hybridized carbons (Fsp3) is 0.658. The van der Waals surface area contributed by atoms with E-state index in [1.54, 1.807) is 90.9 Å². The molecule has 0 radical (unpaired) electrons.